The highest BCUT2D eigenvalue weighted by atomic mass is 35.5. The number of aliphatic hydroxyl groups excluding tert-OH is 1. The van der Waals surface area contributed by atoms with E-state index in [1.165, 1.54) is 0 Å². The summed E-state index contributed by atoms with van der Waals surface area (Å²) in [6.45, 7) is 8.13. The Labute approximate surface area is 193 Å². The maximum Gasteiger partial charge on any atom is 0.153 e. The Kier molecular flexibility index (Phi) is 6.27. The summed E-state index contributed by atoms with van der Waals surface area (Å²) >= 11 is 8.25. The van der Waals surface area contributed by atoms with Gasteiger partial charge in [-0.15, -0.1) is 11.8 Å². The van der Waals surface area contributed by atoms with E-state index in [2.05, 4.69) is 18.1 Å². The predicted molar refractivity (Wildman–Crippen MR) is 128 cm³/mol. The molecule has 2 aliphatic rings. The molecule has 168 valence electrons. The number of nitrogens with two attached hydrogens (primary N) is 1. The lowest BCUT2D eigenvalue weighted by Crippen LogP contribution is -2.59. The highest BCUT2D eigenvalue weighted by Crippen LogP contribution is 2.52. The van der Waals surface area contributed by atoms with Crippen molar-refractivity contribution in [3.8, 4) is 11.3 Å². The Morgan fingerprint density at radius 2 is 2.00 bits per heavy atom. The van der Waals surface area contributed by atoms with E-state index in [1.807, 2.05) is 32.0 Å². The number of anilines is 1. The van der Waals surface area contributed by atoms with E-state index in [9.17, 15) is 5.11 Å². The quantitative estimate of drug-likeness (QED) is 0.666. The van der Waals surface area contributed by atoms with Crippen LogP contribution in [0.25, 0.3) is 11.3 Å². The molecule has 0 unspecified atom stereocenters. The van der Waals surface area contributed by atoms with E-state index in [4.69, 9.17) is 32.0 Å². The first-order valence-electron chi connectivity index (χ1n) is 10.7. The third kappa shape index (κ3) is 3.64. The second-order valence-electron chi connectivity index (χ2n) is 8.74. The molecule has 0 saturated carbocycles. The molecule has 8 heteroatoms. The Morgan fingerprint density at radius 3 is 2.65 bits per heavy atom. The van der Waals surface area contributed by atoms with Crippen molar-refractivity contribution >= 4 is 29.2 Å². The summed E-state index contributed by atoms with van der Waals surface area (Å²) in [4.78, 5) is 11.5. The zero-order chi connectivity index (χ0) is 22.4. The zero-order valence-corrected chi connectivity index (χ0v) is 20.2. The van der Waals surface area contributed by atoms with Crippen molar-refractivity contribution in [2.24, 2.45) is 11.1 Å². The number of aryl methyl sites for hydroxylation is 2. The number of ether oxygens (including phenoxy) is 1. The zero-order valence-electron chi connectivity index (χ0n) is 18.6. The summed E-state index contributed by atoms with van der Waals surface area (Å²) < 4.78 is 6.00. The van der Waals surface area contributed by atoms with Crippen LogP contribution in [0.1, 0.15) is 36.7 Å². The van der Waals surface area contributed by atoms with Gasteiger partial charge in [0, 0.05) is 24.1 Å². The SMILES string of the molecule is CS[C@@]1(N)[C@H](C)OCC12CCN(c1nc(C)c(-c3cccc(C)c3Cl)nc1CO)CC2. The van der Waals surface area contributed by atoms with E-state index in [-0.39, 0.29) is 23.0 Å². The summed E-state index contributed by atoms with van der Waals surface area (Å²) in [6, 6.07) is 5.88. The number of aliphatic hydroxyl groups is 1. The molecule has 2 aliphatic heterocycles. The van der Waals surface area contributed by atoms with Gasteiger partial charge in [-0.3, -0.25) is 0 Å². The minimum Gasteiger partial charge on any atom is -0.390 e. The number of nitrogens with zero attached hydrogens (tertiary/aromatic N) is 3. The molecule has 1 aromatic carbocycles. The molecular formula is C23H31ClN4O2S. The third-order valence-corrected chi connectivity index (χ3v) is 9.06. The monoisotopic (exact) mass is 462 g/mol. The van der Waals surface area contributed by atoms with Gasteiger partial charge < -0.3 is 20.5 Å². The number of hydrogen-bond acceptors (Lipinski definition) is 7. The van der Waals surface area contributed by atoms with E-state index in [0.29, 0.717) is 17.3 Å². The molecule has 31 heavy (non-hydrogen) atoms. The van der Waals surface area contributed by atoms with Crippen LogP contribution in [0.3, 0.4) is 0 Å². The number of hydrogen-bond donors (Lipinski definition) is 2. The average Bonchev–Trinajstić information content (AvgIpc) is 3.02. The van der Waals surface area contributed by atoms with Crippen molar-refractivity contribution < 1.29 is 9.84 Å². The van der Waals surface area contributed by atoms with Crippen LogP contribution in [0.5, 0.6) is 0 Å². The number of halogens is 1. The lowest BCUT2D eigenvalue weighted by Gasteiger charge is -2.47. The van der Waals surface area contributed by atoms with Gasteiger partial charge in [-0.25, -0.2) is 9.97 Å². The summed E-state index contributed by atoms with van der Waals surface area (Å²) in [5, 5.41) is 10.8. The molecule has 2 saturated heterocycles. The van der Waals surface area contributed by atoms with Gasteiger partial charge in [0.2, 0.25) is 0 Å². The minimum absolute atomic E-state index is 0.0300. The van der Waals surface area contributed by atoms with Crippen molar-refractivity contribution in [2.75, 3.05) is 30.9 Å². The first kappa shape index (κ1) is 22.8. The van der Waals surface area contributed by atoms with Gasteiger partial charge in [-0.05, 0) is 45.4 Å². The first-order chi connectivity index (χ1) is 14.8. The number of rotatable bonds is 4. The highest BCUT2D eigenvalue weighted by molar-refractivity contribution is 8.00. The smallest absolute Gasteiger partial charge is 0.153 e. The molecular weight excluding hydrogens is 432 g/mol. The molecule has 3 N–H and O–H groups in total. The minimum atomic E-state index is -0.383. The van der Waals surface area contributed by atoms with Crippen molar-refractivity contribution in [3.63, 3.8) is 0 Å². The third-order valence-electron chi connectivity index (χ3n) is 7.12. The molecule has 1 spiro atoms. The fraction of sp³-hybridized carbons (Fsp3) is 0.565. The van der Waals surface area contributed by atoms with E-state index in [1.54, 1.807) is 11.8 Å². The Morgan fingerprint density at radius 1 is 1.29 bits per heavy atom. The molecule has 0 radical (unpaired) electrons. The predicted octanol–water partition coefficient (Wildman–Crippen LogP) is 3.93. The van der Waals surface area contributed by atoms with Gasteiger partial charge in [0.15, 0.2) is 5.82 Å². The van der Waals surface area contributed by atoms with Gasteiger partial charge in [0.05, 0.1) is 40.6 Å². The molecule has 4 rings (SSSR count). The van der Waals surface area contributed by atoms with Gasteiger partial charge in [-0.1, -0.05) is 29.8 Å². The maximum atomic E-state index is 10.1. The lowest BCUT2D eigenvalue weighted by atomic mass is 9.73. The normalized spacial score (nSPS) is 25.4. The topological polar surface area (TPSA) is 84.5 Å². The second kappa shape index (κ2) is 8.52. The van der Waals surface area contributed by atoms with Crippen molar-refractivity contribution in [1.29, 1.82) is 0 Å². The Balaban J connectivity index is 1.63. The summed E-state index contributed by atoms with van der Waals surface area (Å²) in [7, 11) is 0. The summed E-state index contributed by atoms with van der Waals surface area (Å²) in [5.74, 6) is 0.751. The average molecular weight is 463 g/mol. The van der Waals surface area contributed by atoms with Crippen LogP contribution in [-0.4, -0.2) is 52.0 Å². The molecule has 2 fully saturated rings. The molecule has 2 aromatic rings. The van der Waals surface area contributed by atoms with E-state index >= 15 is 0 Å². The van der Waals surface area contributed by atoms with Gasteiger partial charge in [-0.2, -0.15) is 0 Å². The molecule has 6 nitrogen and oxygen atoms in total. The molecule has 0 amide bonds. The van der Waals surface area contributed by atoms with Crippen LogP contribution >= 0.6 is 23.4 Å². The number of thioether (sulfide) groups is 1. The second-order valence-corrected chi connectivity index (χ2v) is 10.2. The highest BCUT2D eigenvalue weighted by Gasteiger charge is 2.58. The lowest BCUT2D eigenvalue weighted by molar-refractivity contribution is 0.0971. The molecule has 0 bridgehead atoms. The maximum absolute atomic E-state index is 10.1. The summed E-state index contributed by atoms with van der Waals surface area (Å²) in [6.07, 6.45) is 3.95. The number of aromatic nitrogens is 2. The largest absolute Gasteiger partial charge is 0.390 e. The van der Waals surface area contributed by atoms with Crippen molar-refractivity contribution in [1.82, 2.24) is 9.97 Å². The van der Waals surface area contributed by atoms with Crippen LogP contribution in [0.15, 0.2) is 18.2 Å². The Hall–Kier alpha value is -1.38. The fourth-order valence-electron chi connectivity index (χ4n) is 5.00. The van der Waals surface area contributed by atoms with Crippen molar-refractivity contribution in [2.45, 2.75) is 51.2 Å². The van der Waals surface area contributed by atoms with Crippen LogP contribution < -0.4 is 10.6 Å². The van der Waals surface area contributed by atoms with E-state index in [0.717, 1.165) is 54.3 Å². The molecule has 2 atom stereocenters. The number of piperidine rings is 1. The van der Waals surface area contributed by atoms with Crippen LogP contribution in [0.4, 0.5) is 5.82 Å². The number of benzene rings is 1. The standard InChI is InChI=1S/C23H31ClN4O2S/c1-14-6-5-7-17(19(14)24)20-15(2)26-21(18(12-29)27-20)28-10-8-22(9-11-28)13-30-16(3)23(22,25)31-4/h5-7,16,29H,8-13,25H2,1-4H3/t16-,23-/m0/s1. The molecule has 1 aromatic heterocycles. The van der Waals surface area contributed by atoms with Crippen LogP contribution in [0, 0.1) is 19.3 Å². The van der Waals surface area contributed by atoms with Gasteiger partial charge in [0.25, 0.3) is 0 Å². The molecule has 3 heterocycles. The van der Waals surface area contributed by atoms with Gasteiger partial charge in [0.1, 0.15) is 5.69 Å². The summed E-state index contributed by atoms with van der Waals surface area (Å²) in [5.41, 5.74) is 10.7. The first-order valence-corrected chi connectivity index (χ1v) is 12.3. The van der Waals surface area contributed by atoms with Crippen molar-refractivity contribution in [3.05, 3.63) is 40.2 Å². The van der Waals surface area contributed by atoms with Crippen LogP contribution in [-0.2, 0) is 11.3 Å². The molecule has 0 aliphatic carbocycles. The van der Waals surface area contributed by atoms with Gasteiger partial charge >= 0.3 is 0 Å². The van der Waals surface area contributed by atoms with E-state index < -0.39 is 0 Å². The van der Waals surface area contributed by atoms with Crippen LogP contribution in [0.2, 0.25) is 5.02 Å². The Bertz CT molecular complexity index is 980. The fourth-order valence-corrected chi connectivity index (χ4v) is 6.31.